The molecule has 1 aliphatic rings. The number of aldehydes is 1. The highest BCUT2D eigenvalue weighted by Crippen LogP contribution is 2.26. The Kier molecular flexibility index (Phi) is 1.39. The van der Waals surface area contributed by atoms with Crippen LogP contribution in [0.15, 0.2) is 18.2 Å². The Balaban J connectivity index is 2.47. The van der Waals surface area contributed by atoms with Gasteiger partial charge in [-0.05, 0) is 12.1 Å². The van der Waals surface area contributed by atoms with Gasteiger partial charge in [0.25, 0.3) is 0 Å². The van der Waals surface area contributed by atoms with E-state index in [0.29, 0.717) is 5.82 Å². The van der Waals surface area contributed by atoms with Crippen LogP contribution >= 0.6 is 0 Å². The van der Waals surface area contributed by atoms with Crippen molar-refractivity contribution in [2.75, 3.05) is 11.9 Å². The minimum absolute atomic E-state index is 0.522. The van der Waals surface area contributed by atoms with Crippen molar-refractivity contribution in [2.45, 2.75) is 6.54 Å². The molecule has 4 nitrogen and oxygen atoms in total. The number of hydrogen-bond donors (Lipinski definition) is 1. The molecule has 0 unspecified atom stereocenters. The van der Waals surface area contributed by atoms with Crippen LogP contribution in [0.5, 0.6) is 0 Å². The summed E-state index contributed by atoms with van der Waals surface area (Å²) in [7, 11) is 0. The van der Waals surface area contributed by atoms with E-state index in [1.807, 2.05) is 22.8 Å². The van der Waals surface area contributed by atoms with E-state index in [0.717, 1.165) is 36.1 Å². The summed E-state index contributed by atoms with van der Waals surface area (Å²) in [6.07, 6.45) is 0.815. The maximum atomic E-state index is 10.8. The van der Waals surface area contributed by atoms with Crippen molar-refractivity contribution in [3.8, 4) is 0 Å². The van der Waals surface area contributed by atoms with Gasteiger partial charge in [-0.3, -0.25) is 4.79 Å². The minimum Gasteiger partial charge on any atom is -0.381 e. The highest BCUT2D eigenvalue weighted by Gasteiger charge is 2.16. The first-order valence-electron chi connectivity index (χ1n) is 4.58. The number of anilines is 1. The Hall–Kier alpha value is -1.84. The lowest BCUT2D eigenvalue weighted by molar-refractivity contribution is 0.111. The first kappa shape index (κ1) is 7.55. The second-order valence-electron chi connectivity index (χ2n) is 3.34. The van der Waals surface area contributed by atoms with Gasteiger partial charge in [-0.15, -0.1) is 0 Å². The molecular formula is C10H9N3O. The van der Waals surface area contributed by atoms with Gasteiger partial charge in [0.05, 0.1) is 16.7 Å². The van der Waals surface area contributed by atoms with E-state index in [4.69, 9.17) is 0 Å². The van der Waals surface area contributed by atoms with Crippen LogP contribution in [0.25, 0.3) is 11.0 Å². The molecule has 4 heteroatoms. The molecule has 1 N–H and O–H groups in total. The van der Waals surface area contributed by atoms with Gasteiger partial charge < -0.3 is 9.88 Å². The number of benzene rings is 1. The molecule has 0 fully saturated rings. The highest BCUT2D eigenvalue weighted by atomic mass is 16.1. The number of carbonyl (C=O) groups excluding carboxylic acids is 1. The van der Waals surface area contributed by atoms with Crippen LogP contribution in [-0.4, -0.2) is 22.4 Å². The van der Waals surface area contributed by atoms with Gasteiger partial charge in [-0.1, -0.05) is 6.07 Å². The molecule has 2 heterocycles. The summed E-state index contributed by atoms with van der Waals surface area (Å²) in [4.78, 5) is 15.0. The summed E-state index contributed by atoms with van der Waals surface area (Å²) in [6, 6.07) is 5.88. The lowest BCUT2D eigenvalue weighted by Gasteiger charge is -2.17. The molecule has 70 valence electrons. The van der Waals surface area contributed by atoms with Gasteiger partial charge in [0.15, 0.2) is 12.1 Å². The number of nitrogens with one attached hydrogen (secondary N) is 1. The topological polar surface area (TPSA) is 46.9 Å². The van der Waals surface area contributed by atoms with E-state index in [2.05, 4.69) is 10.3 Å². The molecule has 1 aromatic carbocycles. The number of nitrogens with zero attached hydrogens (tertiary/aromatic N) is 2. The van der Waals surface area contributed by atoms with Crippen molar-refractivity contribution in [3.05, 3.63) is 24.0 Å². The molecule has 0 aliphatic carbocycles. The monoisotopic (exact) mass is 187 g/mol. The average Bonchev–Trinajstić information content (AvgIpc) is 2.60. The molecule has 0 radical (unpaired) electrons. The Morgan fingerprint density at radius 2 is 2.43 bits per heavy atom. The molecule has 0 amide bonds. The predicted molar refractivity (Wildman–Crippen MR) is 53.6 cm³/mol. The van der Waals surface area contributed by atoms with E-state index >= 15 is 0 Å². The molecule has 1 aliphatic heterocycles. The lowest BCUT2D eigenvalue weighted by atomic mass is 10.2. The third-order valence-corrected chi connectivity index (χ3v) is 2.55. The Morgan fingerprint density at radius 3 is 3.29 bits per heavy atom. The summed E-state index contributed by atoms with van der Waals surface area (Å²) in [5.41, 5.74) is 2.99. The zero-order chi connectivity index (χ0) is 9.54. The molecule has 0 saturated carbocycles. The Bertz CT molecular complexity index is 515. The number of hydrogen-bond acceptors (Lipinski definition) is 3. The number of rotatable bonds is 1. The van der Waals surface area contributed by atoms with E-state index in [9.17, 15) is 4.79 Å². The van der Waals surface area contributed by atoms with E-state index in [-0.39, 0.29) is 0 Å². The van der Waals surface area contributed by atoms with Crippen molar-refractivity contribution < 1.29 is 4.79 Å². The molecule has 1 aromatic heterocycles. The summed E-state index contributed by atoms with van der Waals surface area (Å²) < 4.78 is 1.97. The SMILES string of the molecule is O=Cc1nc2cccc3c2n1CCN3. The standard InChI is InChI=1S/C10H9N3O/c14-6-9-12-8-3-1-2-7-10(8)13(9)5-4-11-7/h1-3,6,11H,4-5H2. The number of aromatic nitrogens is 2. The van der Waals surface area contributed by atoms with Crippen LogP contribution in [-0.2, 0) is 6.54 Å². The molecule has 0 atom stereocenters. The molecule has 0 saturated heterocycles. The smallest absolute Gasteiger partial charge is 0.185 e. The quantitative estimate of drug-likeness (QED) is 0.684. The first-order valence-corrected chi connectivity index (χ1v) is 4.58. The molecule has 14 heavy (non-hydrogen) atoms. The number of imidazole rings is 1. The zero-order valence-electron chi connectivity index (χ0n) is 7.53. The van der Waals surface area contributed by atoms with Crippen molar-refractivity contribution >= 4 is 23.0 Å². The molecule has 0 bridgehead atoms. The summed E-state index contributed by atoms with van der Waals surface area (Å²) in [6.45, 7) is 1.66. The van der Waals surface area contributed by atoms with Crippen LogP contribution in [0.1, 0.15) is 10.6 Å². The maximum Gasteiger partial charge on any atom is 0.185 e. The van der Waals surface area contributed by atoms with Crippen LogP contribution < -0.4 is 5.32 Å². The molecule has 2 aromatic rings. The Labute approximate surface area is 80.6 Å². The van der Waals surface area contributed by atoms with Gasteiger partial charge in [0.2, 0.25) is 0 Å². The average molecular weight is 187 g/mol. The highest BCUT2D eigenvalue weighted by molar-refractivity contribution is 5.92. The normalized spacial score (nSPS) is 14.0. The predicted octanol–water partition coefficient (Wildman–Crippen LogP) is 1.27. The second kappa shape index (κ2) is 2.57. The fourth-order valence-corrected chi connectivity index (χ4v) is 1.96. The van der Waals surface area contributed by atoms with Crippen molar-refractivity contribution in [3.63, 3.8) is 0 Å². The largest absolute Gasteiger partial charge is 0.381 e. The van der Waals surface area contributed by atoms with Gasteiger partial charge in [0.1, 0.15) is 0 Å². The van der Waals surface area contributed by atoms with Gasteiger partial charge in [0, 0.05) is 13.1 Å². The van der Waals surface area contributed by atoms with E-state index in [1.54, 1.807) is 0 Å². The fourth-order valence-electron chi connectivity index (χ4n) is 1.96. The molecule has 0 spiro atoms. The van der Waals surface area contributed by atoms with E-state index in [1.165, 1.54) is 0 Å². The van der Waals surface area contributed by atoms with Crippen LogP contribution in [0.4, 0.5) is 5.69 Å². The maximum absolute atomic E-state index is 10.8. The van der Waals surface area contributed by atoms with Gasteiger partial charge in [-0.2, -0.15) is 0 Å². The van der Waals surface area contributed by atoms with Gasteiger partial charge in [-0.25, -0.2) is 4.98 Å². The Morgan fingerprint density at radius 1 is 1.50 bits per heavy atom. The summed E-state index contributed by atoms with van der Waals surface area (Å²) in [5, 5.41) is 3.29. The third kappa shape index (κ3) is 0.824. The van der Waals surface area contributed by atoms with Crippen molar-refractivity contribution in [2.24, 2.45) is 0 Å². The van der Waals surface area contributed by atoms with Crippen LogP contribution in [0.3, 0.4) is 0 Å². The second-order valence-corrected chi connectivity index (χ2v) is 3.34. The van der Waals surface area contributed by atoms with Crippen LogP contribution in [0, 0.1) is 0 Å². The summed E-state index contributed by atoms with van der Waals surface area (Å²) in [5.74, 6) is 0.522. The first-order chi connectivity index (χ1) is 6.90. The van der Waals surface area contributed by atoms with Crippen LogP contribution in [0.2, 0.25) is 0 Å². The fraction of sp³-hybridized carbons (Fsp3) is 0.200. The van der Waals surface area contributed by atoms with Crippen molar-refractivity contribution in [1.82, 2.24) is 9.55 Å². The molecule has 3 rings (SSSR count). The molecular weight excluding hydrogens is 178 g/mol. The summed E-state index contributed by atoms with van der Waals surface area (Å²) >= 11 is 0. The van der Waals surface area contributed by atoms with Crippen molar-refractivity contribution in [1.29, 1.82) is 0 Å². The number of para-hydroxylation sites is 1. The van der Waals surface area contributed by atoms with E-state index < -0.39 is 0 Å². The van der Waals surface area contributed by atoms with Gasteiger partial charge >= 0.3 is 0 Å². The number of carbonyl (C=O) groups is 1. The zero-order valence-corrected chi connectivity index (χ0v) is 7.53. The third-order valence-electron chi connectivity index (χ3n) is 2.55. The minimum atomic E-state index is 0.522. The lowest BCUT2D eigenvalue weighted by Crippen LogP contribution is -2.18.